The van der Waals surface area contributed by atoms with Crippen LogP contribution in [0.15, 0.2) is 66.7 Å². The summed E-state index contributed by atoms with van der Waals surface area (Å²) in [5.74, 6) is 0. The molecule has 0 N–H and O–H groups in total. The highest BCUT2D eigenvalue weighted by Crippen LogP contribution is 2.22. The van der Waals surface area contributed by atoms with Crippen LogP contribution in [0, 0.1) is 0 Å². The molecule has 0 fully saturated rings. The van der Waals surface area contributed by atoms with E-state index in [-0.39, 0.29) is 0 Å². The summed E-state index contributed by atoms with van der Waals surface area (Å²) in [5.41, 5.74) is 3.10. The van der Waals surface area contributed by atoms with Gasteiger partial charge in [0.1, 0.15) is 0 Å². The molecular formula is C15H14. The predicted molar refractivity (Wildman–Crippen MR) is 65.6 cm³/mol. The van der Waals surface area contributed by atoms with Crippen LogP contribution < -0.4 is 0 Å². The Bertz CT molecular complexity index is 509. The molecule has 0 aromatic heterocycles. The van der Waals surface area contributed by atoms with Gasteiger partial charge in [-0.05, 0) is 23.6 Å². The van der Waals surface area contributed by atoms with Gasteiger partial charge in [-0.15, -0.1) is 0 Å². The molecule has 0 amide bonds. The number of rotatable bonds is 2. The van der Waals surface area contributed by atoms with Gasteiger partial charge in [0.05, 0.1) is 2.74 Å². The number of benzene rings is 2. The lowest BCUT2D eigenvalue weighted by molar-refractivity contribution is 1.53. The second kappa shape index (κ2) is 4.61. The van der Waals surface area contributed by atoms with Gasteiger partial charge in [-0.2, -0.15) is 0 Å². The lowest BCUT2D eigenvalue weighted by Gasteiger charge is -2.06. The van der Waals surface area contributed by atoms with E-state index in [2.05, 4.69) is 0 Å². The van der Waals surface area contributed by atoms with E-state index in [9.17, 15) is 0 Å². The predicted octanol–water partition coefficient (Wildman–Crippen LogP) is 4.14. The second-order valence-electron chi connectivity index (χ2n) is 3.29. The van der Waals surface area contributed by atoms with Crippen LogP contribution in [0.1, 0.15) is 20.8 Å². The van der Waals surface area contributed by atoms with Gasteiger partial charge in [-0.25, -0.2) is 0 Å². The van der Waals surface area contributed by atoms with E-state index in [1.165, 1.54) is 0 Å². The molecule has 2 aromatic rings. The van der Waals surface area contributed by atoms with Gasteiger partial charge in [-0.3, -0.25) is 0 Å². The van der Waals surface area contributed by atoms with E-state index in [1.807, 2.05) is 49.4 Å². The van der Waals surface area contributed by atoms with Crippen LogP contribution in [-0.4, -0.2) is 0 Å². The minimum Gasteiger partial charge on any atom is -0.0792 e. The quantitative estimate of drug-likeness (QED) is 0.677. The van der Waals surface area contributed by atoms with Crippen LogP contribution in [0.4, 0.5) is 0 Å². The summed E-state index contributed by atoms with van der Waals surface area (Å²) in [6.07, 6.45) is 2.02. The lowest BCUT2D eigenvalue weighted by atomic mass is 9.98. The Hall–Kier alpha value is -1.82. The van der Waals surface area contributed by atoms with Crippen molar-refractivity contribution in [2.75, 3.05) is 0 Å². The van der Waals surface area contributed by atoms with Gasteiger partial charge in [-0.1, -0.05) is 66.7 Å². The van der Waals surface area contributed by atoms with Crippen molar-refractivity contribution in [1.82, 2.24) is 0 Å². The molecule has 74 valence electrons. The molecule has 0 saturated carbocycles. The van der Waals surface area contributed by atoms with Crippen molar-refractivity contribution in [2.24, 2.45) is 0 Å². The molecule has 0 bridgehead atoms. The topological polar surface area (TPSA) is 0 Å². The third-order valence-electron chi connectivity index (χ3n) is 2.32. The standard InChI is InChI=1S/C15H14/c1-2-15(13-9-5-3-6-10-13)14-11-7-4-8-12-14/h2-12H,1H3/i5D,7D. The number of hydrogen-bond donors (Lipinski definition) is 0. The zero-order valence-electron chi connectivity index (χ0n) is 10.7. The molecule has 0 saturated heterocycles. The highest BCUT2D eigenvalue weighted by Gasteiger charge is 2.01. The fourth-order valence-corrected chi connectivity index (χ4v) is 1.62. The average molecular weight is 196 g/mol. The molecule has 2 rings (SSSR count). The minimum atomic E-state index is 0.504. The van der Waals surface area contributed by atoms with E-state index in [4.69, 9.17) is 2.74 Å². The smallest absolute Gasteiger partial charge is 0.0623 e. The van der Waals surface area contributed by atoms with Crippen molar-refractivity contribution >= 4 is 5.57 Å². The van der Waals surface area contributed by atoms with Crippen molar-refractivity contribution in [3.05, 3.63) is 77.8 Å². The maximum atomic E-state index is 7.64. The first-order valence-electron chi connectivity index (χ1n) is 6.01. The summed E-state index contributed by atoms with van der Waals surface area (Å²) < 4.78 is 15.3. The molecule has 0 aliphatic rings. The Morgan fingerprint density at radius 2 is 1.47 bits per heavy atom. The lowest BCUT2D eigenvalue weighted by Crippen LogP contribution is -1.86. The van der Waals surface area contributed by atoms with Crippen LogP contribution in [0.2, 0.25) is 0 Å². The van der Waals surface area contributed by atoms with Crippen LogP contribution in [0.3, 0.4) is 0 Å². The average Bonchev–Trinajstić information content (AvgIpc) is 2.30. The molecule has 0 heteroatoms. The first-order valence-corrected chi connectivity index (χ1v) is 5.01. The number of allylic oxidation sites excluding steroid dienone is 1. The van der Waals surface area contributed by atoms with E-state index >= 15 is 0 Å². The van der Waals surface area contributed by atoms with Gasteiger partial charge in [0.15, 0.2) is 0 Å². The van der Waals surface area contributed by atoms with Gasteiger partial charge in [0.2, 0.25) is 0 Å². The molecule has 0 atom stereocenters. The zero-order chi connectivity index (χ0) is 12.3. The Kier molecular flexibility index (Phi) is 2.29. The van der Waals surface area contributed by atoms with E-state index in [0.717, 1.165) is 16.7 Å². The summed E-state index contributed by atoms with van der Waals surface area (Å²) in [4.78, 5) is 0. The fourth-order valence-electron chi connectivity index (χ4n) is 1.62. The third kappa shape index (κ3) is 2.16. The largest absolute Gasteiger partial charge is 0.0792 e. The molecular weight excluding hydrogens is 180 g/mol. The van der Waals surface area contributed by atoms with Crippen molar-refractivity contribution < 1.29 is 2.74 Å². The van der Waals surface area contributed by atoms with Gasteiger partial charge in [0, 0.05) is 0 Å². The van der Waals surface area contributed by atoms with Crippen LogP contribution in [-0.2, 0) is 0 Å². The molecule has 2 aromatic carbocycles. The highest BCUT2D eigenvalue weighted by atomic mass is 14.1. The Morgan fingerprint density at radius 1 is 0.933 bits per heavy atom. The first-order chi connectivity index (χ1) is 8.20. The summed E-state index contributed by atoms with van der Waals surface area (Å²) in [6.45, 7) is 1.97. The second-order valence-corrected chi connectivity index (χ2v) is 3.29. The molecule has 0 spiro atoms. The first kappa shape index (κ1) is 7.47. The number of hydrogen-bond acceptors (Lipinski definition) is 0. The van der Waals surface area contributed by atoms with Crippen molar-refractivity contribution in [1.29, 1.82) is 0 Å². The zero-order valence-corrected chi connectivity index (χ0v) is 8.70. The summed E-state index contributed by atoms with van der Waals surface area (Å²) >= 11 is 0. The summed E-state index contributed by atoms with van der Waals surface area (Å²) in [7, 11) is 0. The van der Waals surface area contributed by atoms with E-state index in [1.54, 1.807) is 12.1 Å². The molecule has 0 unspecified atom stereocenters. The molecule has 0 aliphatic heterocycles. The minimum absolute atomic E-state index is 0.504. The van der Waals surface area contributed by atoms with Crippen LogP contribution in [0.5, 0.6) is 0 Å². The van der Waals surface area contributed by atoms with E-state index in [0.29, 0.717) is 12.1 Å². The Morgan fingerprint density at radius 3 is 1.87 bits per heavy atom. The Balaban J connectivity index is 2.48. The third-order valence-corrected chi connectivity index (χ3v) is 2.32. The molecule has 0 aliphatic carbocycles. The molecule has 0 radical (unpaired) electrons. The maximum Gasteiger partial charge on any atom is 0.0623 e. The van der Waals surface area contributed by atoms with Gasteiger partial charge < -0.3 is 0 Å². The van der Waals surface area contributed by atoms with Crippen molar-refractivity contribution in [2.45, 2.75) is 6.92 Å². The monoisotopic (exact) mass is 196 g/mol. The maximum absolute atomic E-state index is 7.64. The summed E-state index contributed by atoms with van der Waals surface area (Å²) in [6, 6.07) is 16.0. The Labute approximate surface area is 93.7 Å². The SMILES string of the molecule is [2H]c1cccc(C(=CC)c2cccc([2H])c2)c1. The summed E-state index contributed by atoms with van der Waals surface area (Å²) in [5, 5.41) is 0. The van der Waals surface area contributed by atoms with Crippen LogP contribution in [0.25, 0.3) is 5.57 Å². The van der Waals surface area contributed by atoms with Crippen molar-refractivity contribution in [3.8, 4) is 0 Å². The van der Waals surface area contributed by atoms with Crippen molar-refractivity contribution in [3.63, 3.8) is 0 Å². The molecule has 0 nitrogen and oxygen atoms in total. The molecule has 15 heavy (non-hydrogen) atoms. The van der Waals surface area contributed by atoms with Gasteiger partial charge in [0.25, 0.3) is 0 Å². The molecule has 0 heterocycles. The highest BCUT2D eigenvalue weighted by molar-refractivity contribution is 5.79. The normalized spacial score (nSPS) is 11.5. The van der Waals surface area contributed by atoms with Gasteiger partial charge >= 0.3 is 0 Å². The van der Waals surface area contributed by atoms with Crippen LogP contribution >= 0.6 is 0 Å². The van der Waals surface area contributed by atoms with E-state index < -0.39 is 0 Å². The fraction of sp³-hybridized carbons (Fsp3) is 0.0667.